The number of nitrogens with one attached hydrogen (secondary N) is 1. The number of furan rings is 1. The Balaban J connectivity index is 1.39. The number of anilines is 1. The Morgan fingerprint density at radius 1 is 1.00 bits per heavy atom. The molecular weight excluding hydrogens is 398 g/mol. The van der Waals surface area contributed by atoms with Crippen molar-refractivity contribution in [2.75, 3.05) is 5.32 Å². The van der Waals surface area contributed by atoms with Crippen LogP contribution in [0.2, 0.25) is 0 Å². The Morgan fingerprint density at radius 3 is 2.67 bits per heavy atom. The van der Waals surface area contributed by atoms with E-state index in [4.69, 9.17) is 8.94 Å². The molecule has 0 unspecified atom stereocenters. The molecule has 0 radical (unpaired) electrons. The highest BCUT2D eigenvalue weighted by molar-refractivity contribution is 7.98. The minimum absolute atomic E-state index is 0.174. The molecule has 2 aromatic heterocycles. The zero-order valence-electron chi connectivity index (χ0n) is 16.1. The molecule has 0 spiro atoms. The van der Waals surface area contributed by atoms with Gasteiger partial charge >= 0.3 is 0 Å². The van der Waals surface area contributed by atoms with E-state index in [1.54, 1.807) is 6.92 Å². The van der Waals surface area contributed by atoms with Gasteiger partial charge in [-0.3, -0.25) is 4.79 Å². The Morgan fingerprint density at radius 2 is 1.80 bits per heavy atom. The monoisotopic (exact) mass is 415 g/mol. The van der Waals surface area contributed by atoms with Crippen LogP contribution in [-0.4, -0.2) is 16.0 Å². The lowest BCUT2D eigenvalue weighted by Gasteiger charge is -2.09. The third-order valence-corrected chi connectivity index (χ3v) is 5.75. The van der Waals surface area contributed by atoms with E-state index in [2.05, 4.69) is 15.5 Å². The summed E-state index contributed by atoms with van der Waals surface area (Å²) in [4.78, 5) is 18.0. The van der Waals surface area contributed by atoms with Crippen LogP contribution in [0.5, 0.6) is 0 Å². The van der Waals surface area contributed by atoms with Gasteiger partial charge in [-0.05, 0) is 43.3 Å². The molecule has 0 saturated carbocycles. The molecule has 0 fully saturated rings. The summed E-state index contributed by atoms with van der Waals surface area (Å²) < 4.78 is 11.0. The average molecular weight is 415 g/mol. The second kappa shape index (κ2) is 7.68. The normalized spacial score (nSPS) is 11.2. The molecule has 2 heterocycles. The first kappa shape index (κ1) is 18.4. The van der Waals surface area contributed by atoms with E-state index >= 15 is 0 Å². The lowest BCUT2D eigenvalue weighted by molar-refractivity contribution is 0.102. The van der Waals surface area contributed by atoms with Crippen LogP contribution >= 0.6 is 11.8 Å². The lowest BCUT2D eigenvalue weighted by Crippen LogP contribution is -2.12. The molecule has 0 aliphatic heterocycles. The maximum Gasteiger partial charge on any atom is 0.256 e. The number of hydrogen-bond donors (Lipinski definition) is 1. The second-order valence-corrected chi connectivity index (χ2v) is 7.80. The van der Waals surface area contributed by atoms with Crippen molar-refractivity contribution in [1.29, 1.82) is 0 Å². The van der Waals surface area contributed by atoms with Crippen molar-refractivity contribution in [1.82, 2.24) is 10.1 Å². The zero-order chi connectivity index (χ0) is 20.5. The molecule has 148 valence electrons. The molecule has 0 bridgehead atoms. The summed E-state index contributed by atoms with van der Waals surface area (Å²) in [5.41, 5.74) is 2.93. The number of hydrogen-bond acceptors (Lipinski definition) is 6. The van der Waals surface area contributed by atoms with Gasteiger partial charge in [-0.2, -0.15) is 4.98 Å². The highest BCUT2D eigenvalue weighted by Gasteiger charge is 2.14. The average Bonchev–Trinajstić information content (AvgIpc) is 3.35. The minimum Gasteiger partial charge on any atom is -0.456 e. The Hall–Kier alpha value is -3.58. The van der Waals surface area contributed by atoms with Crippen molar-refractivity contribution in [2.24, 2.45) is 0 Å². The van der Waals surface area contributed by atoms with Gasteiger partial charge < -0.3 is 14.3 Å². The summed E-state index contributed by atoms with van der Waals surface area (Å²) in [5, 5.41) is 8.79. The van der Waals surface area contributed by atoms with Crippen molar-refractivity contribution < 1.29 is 13.7 Å². The fourth-order valence-electron chi connectivity index (χ4n) is 3.32. The molecule has 0 aliphatic carbocycles. The number of nitrogens with zero attached hydrogens (tertiary/aromatic N) is 2. The van der Waals surface area contributed by atoms with Gasteiger partial charge in [0.05, 0.1) is 11.3 Å². The lowest BCUT2D eigenvalue weighted by atomic mass is 10.1. The predicted octanol–water partition coefficient (Wildman–Crippen LogP) is 5.82. The van der Waals surface area contributed by atoms with Gasteiger partial charge in [0.1, 0.15) is 11.2 Å². The van der Waals surface area contributed by atoms with Crippen LogP contribution in [0.25, 0.3) is 21.9 Å². The summed E-state index contributed by atoms with van der Waals surface area (Å²) in [6.07, 6.45) is 0. The molecule has 0 atom stereocenters. The van der Waals surface area contributed by atoms with E-state index in [-0.39, 0.29) is 5.91 Å². The van der Waals surface area contributed by atoms with E-state index in [0.717, 1.165) is 26.8 Å². The van der Waals surface area contributed by atoms with E-state index in [1.165, 1.54) is 11.8 Å². The van der Waals surface area contributed by atoms with Crippen molar-refractivity contribution in [3.8, 4) is 0 Å². The molecule has 5 aromatic rings. The van der Waals surface area contributed by atoms with Crippen molar-refractivity contribution >= 4 is 45.3 Å². The molecule has 1 N–H and O–H groups in total. The van der Waals surface area contributed by atoms with Crippen LogP contribution in [0, 0.1) is 6.92 Å². The molecule has 7 heteroatoms. The van der Waals surface area contributed by atoms with Gasteiger partial charge in [0, 0.05) is 21.4 Å². The van der Waals surface area contributed by atoms with Gasteiger partial charge in [-0.1, -0.05) is 35.5 Å². The van der Waals surface area contributed by atoms with Crippen LogP contribution in [0.4, 0.5) is 5.69 Å². The zero-order valence-corrected chi connectivity index (χ0v) is 16.9. The van der Waals surface area contributed by atoms with E-state index < -0.39 is 0 Å². The number of benzene rings is 3. The third kappa shape index (κ3) is 3.55. The quantitative estimate of drug-likeness (QED) is 0.364. The first-order valence-electron chi connectivity index (χ1n) is 9.41. The van der Waals surface area contributed by atoms with Gasteiger partial charge in [0.2, 0.25) is 5.89 Å². The number of carbonyl (C=O) groups is 1. The summed E-state index contributed by atoms with van der Waals surface area (Å²) in [5.74, 6) is 1.45. The maximum absolute atomic E-state index is 13.0. The number of thioether (sulfide) groups is 1. The third-order valence-electron chi connectivity index (χ3n) is 4.69. The molecule has 6 nitrogen and oxygen atoms in total. The topological polar surface area (TPSA) is 81.2 Å². The minimum atomic E-state index is -0.174. The Bertz CT molecular complexity index is 1370. The number of aryl methyl sites for hydroxylation is 1. The Labute approximate surface area is 176 Å². The van der Waals surface area contributed by atoms with Crippen LogP contribution in [0.1, 0.15) is 22.1 Å². The molecule has 5 rings (SSSR count). The van der Waals surface area contributed by atoms with Crippen molar-refractivity contribution in [3.05, 3.63) is 84.0 Å². The van der Waals surface area contributed by atoms with Gasteiger partial charge in [0.25, 0.3) is 5.91 Å². The predicted molar refractivity (Wildman–Crippen MR) is 117 cm³/mol. The first-order chi connectivity index (χ1) is 14.7. The van der Waals surface area contributed by atoms with Crippen LogP contribution in [0.3, 0.4) is 0 Å². The van der Waals surface area contributed by atoms with Gasteiger partial charge in [-0.15, -0.1) is 11.8 Å². The number of fused-ring (bicyclic) bond motifs is 3. The number of amides is 1. The molecular formula is C23H17N3O3S. The van der Waals surface area contributed by atoms with E-state index in [1.807, 2.05) is 66.7 Å². The van der Waals surface area contributed by atoms with Gasteiger partial charge in [-0.25, -0.2) is 0 Å². The van der Waals surface area contributed by atoms with Crippen molar-refractivity contribution in [2.45, 2.75) is 17.6 Å². The summed E-state index contributed by atoms with van der Waals surface area (Å²) in [6, 6.07) is 21.0. The smallest absolute Gasteiger partial charge is 0.256 e. The fraction of sp³-hybridized carbons (Fsp3) is 0.0870. The highest BCUT2D eigenvalue weighted by Crippen LogP contribution is 2.31. The summed E-state index contributed by atoms with van der Waals surface area (Å²) in [7, 11) is 0. The number of rotatable bonds is 5. The number of aromatic nitrogens is 2. The Kier molecular flexibility index (Phi) is 4.72. The first-order valence-corrected chi connectivity index (χ1v) is 10.4. The second-order valence-electron chi connectivity index (χ2n) is 6.78. The molecule has 3 aromatic carbocycles. The standard InChI is InChI=1S/C23H17N3O3S/c1-14-24-22(29-26-14)13-30-21-9-5-3-7-17(21)23(27)25-15-10-11-20-18(12-15)16-6-2-4-8-19(16)28-20/h2-12H,13H2,1H3,(H,25,27). The van der Waals surface area contributed by atoms with Crippen LogP contribution in [0.15, 0.2) is 80.6 Å². The summed E-state index contributed by atoms with van der Waals surface area (Å²) >= 11 is 1.49. The van der Waals surface area contributed by atoms with Crippen LogP contribution in [-0.2, 0) is 5.75 Å². The highest BCUT2D eigenvalue weighted by atomic mass is 32.2. The molecule has 0 aliphatic rings. The summed E-state index contributed by atoms with van der Waals surface area (Å²) in [6.45, 7) is 1.78. The molecule has 0 saturated heterocycles. The van der Waals surface area contributed by atoms with Crippen molar-refractivity contribution in [3.63, 3.8) is 0 Å². The van der Waals surface area contributed by atoms with Crippen LogP contribution < -0.4 is 5.32 Å². The number of para-hydroxylation sites is 1. The van der Waals surface area contributed by atoms with E-state index in [0.29, 0.717) is 28.7 Å². The molecule has 1 amide bonds. The maximum atomic E-state index is 13.0. The van der Waals surface area contributed by atoms with Gasteiger partial charge in [0.15, 0.2) is 5.82 Å². The SMILES string of the molecule is Cc1noc(CSc2ccccc2C(=O)Nc2ccc3oc4ccccc4c3c2)n1. The molecule has 30 heavy (non-hydrogen) atoms. The largest absolute Gasteiger partial charge is 0.456 e. The fourth-order valence-corrected chi connectivity index (χ4v) is 4.21. The van der Waals surface area contributed by atoms with E-state index in [9.17, 15) is 4.79 Å². The number of carbonyl (C=O) groups excluding carboxylic acids is 1.